The van der Waals surface area contributed by atoms with Crippen molar-refractivity contribution in [2.24, 2.45) is 0 Å². The minimum absolute atomic E-state index is 0.390. The Bertz CT molecular complexity index is 1130. The Morgan fingerprint density at radius 3 is 2.00 bits per heavy atom. The highest BCUT2D eigenvalue weighted by Gasteiger charge is 2.12. The van der Waals surface area contributed by atoms with E-state index < -0.39 is 0 Å². The van der Waals surface area contributed by atoms with Gasteiger partial charge in [0.25, 0.3) is 0 Å². The molecule has 0 saturated carbocycles. The van der Waals surface area contributed by atoms with Crippen molar-refractivity contribution < 1.29 is 4.74 Å². The van der Waals surface area contributed by atoms with Crippen LogP contribution in [0, 0.1) is 6.92 Å². The Morgan fingerprint density at radius 1 is 0.867 bits per heavy atom. The summed E-state index contributed by atoms with van der Waals surface area (Å²) >= 11 is 2.54. The highest BCUT2D eigenvalue weighted by Crippen LogP contribution is 2.30. The molecule has 0 atom stereocenters. The Morgan fingerprint density at radius 2 is 1.47 bits per heavy atom. The van der Waals surface area contributed by atoms with E-state index >= 15 is 0 Å². The second kappa shape index (κ2) is 8.93. The molecule has 4 aromatic rings. The number of hydrogen-bond donors (Lipinski definition) is 3. The van der Waals surface area contributed by atoms with Crippen LogP contribution in [-0.2, 0) is 0 Å². The molecule has 0 radical (unpaired) electrons. The second-order valence-corrected chi connectivity index (χ2v) is 8.34. The van der Waals surface area contributed by atoms with Crippen LogP contribution in [-0.4, -0.2) is 32.3 Å². The third kappa shape index (κ3) is 5.13. The fraction of sp³-hybridized carbons (Fsp3) is 0.105. The smallest absolute Gasteiger partial charge is 0.233 e. The number of benzene rings is 2. The van der Waals surface area contributed by atoms with Gasteiger partial charge in [0.05, 0.1) is 7.11 Å². The number of rotatable bonds is 7. The highest BCUT2D eigenvalue weighted by molar-refractivity contribution is 8.00. The minimum Gasteiger partial charge on any atom is -0.497 e. The molecule has 0 amide bonds. The molecule has 30 heavy (non-hydrogen) atoms. The largest absolute Gasteiger partial charge is 0.497 e. The summed E-state index contributed by atoms with van der Waals surface area (Å²) in [5.41, 5.74) is 8.54. The third-order valence-corrected chi connectivity index (χ3v) is 5.54. The molecule has 0 aliphatic heterocycles. The first-order chi connectivity index (χ1) is 14.6. The van der Waals surface area contributed by atoms with Crippen molar-refractivity contribution in [1.29, 1.82) is 0 Å². The van der Waals surface area contributed by atoms with Crippen molar-refractivity contribution in [2.45, 2.75) is 16.4 Å². The molecule has 0 fully saturated rings. The highest BCUT2D eigenvalue weighted by atomic mass is 32.2. The summed E-state index contributed by atoms with van der Waals surface area (Å²) in [6.45, 7) is 2.03. The Balaban J connectivity index is 1.62. The number of nitrogens with zero attached hydrogens (tertiary/aromatic N) is 5. The van der Waals surface area contributed by atoms with Crippen LogP contribution in [0.15, 0.2) is 58.0 Å². The quantitative estimate of drug-likeness (QED) is 0.385. The first-order valence-corrected chi connectivity index (χ1v) is 10.5. The molecule has 2 aromatic heterocycles. The van der Waals surface area contributed by atoms with E-state index in [1.807, 2.05) is 55.5 Å². The predicted molar refractivity (Wildman–Crippen MR) is 119 cm³/mol. The predicted octanol–water partition coefficient (Wildman–Crippen LogP) is 4.26. The van der Waals surface area contributed by atoms with E-state index in [0.717, 1.165) is 17.1 Å². The van der Waals surface area contributed by atoms with Crippen molar-refractivity contribution in [2.75, 3.05) is 23.5 Å². The summed E-state index contributed by atoms with van der Waals surface area (Å²) in [6, 6.07) is 15.4. The van der Waals surface area contributed by atoms with Gasteiger partial charge < -0.3 is 21.1 Å². The van der Waals surface area contributed by atoms with Gasteiger partial charge in [-0.05, 0) is 55.1 Å². The molecular formula is C19H18N8OS2. The minimum atomic E-state index is 0.390. The average Bonchev–Trinajstić information content (AvgIpc) is 3.15. The molecule has 2 aromatic carbocycles. The zero-order valence-corrected chi connectivity index (χ0v) is 17.8. The van der Waals surface area contributed by atoms with Crippen LogP contribution in [0.5, 0.6) is 5.75 Å². The monoisotopic (exact) mass is 438 g/mol. The van der Waals surface area contributed by atoms with E-state index in [2.05, 4.69) is 35.8 Å². The van der Waals surface area contributed by atoms with Crippen LogP contribution in [0.2, 0.25) is 0 Å². The van der Waals surface area contributed by atoms with Gasteiger partial charge >= 0.3 is 0 Å². The molecular weight excluding hydrogens is 420 g/mol. The number of hydrogen-bond acceptors (Lipinski definition) is 11. The molecule has 0 spiro atoms. The van der Waals surface area contributed by atoms with Crippen molar-refractivity contribution in [3.8, 4) is 5.75 Å². The van der Waals surface area contributed by atoms with E-state index in [9.17, 15) is 0 Å². The lowest BCUT2D eigenvalue weighted by atomic mass is 10.2. The van der Waals surface area contributed by atoms with Gasteiger partial charge in [0.15, 0.2) is 4.34 Å². The van der Waals surface area contributed by atoms with Crippen LogP contribution < -0.4 is 21.1 Å². The number of ether oxygens (including phenoxy) is 1. The third-order valence-electron chi connectivity index (χ3n) is 3.87. The fourth-order valence-electron chi connectivity index (χ4n) is 2.42. The fourth-order valence-corrected chi connectivity index (χ4v) is 3.91. The summed E-state index contributed by atoms with van der Waals surface area (Å²) in [4.78, 5) is 13.5. The van der Waals surface area contributed by atoms with Gasteiger partial charge in [0, 0.05) is 11.4 Å². The van der Waals surface area contributed by atoms with Gasteiger partial charge in [-0.25, -0.2) is 0 Å². The molecule has 4 rings (SSSR count). The topological polar surface area (TPSA) is 124 Å². The molecule has 2 heterocycles. The Hall–Kier alpha value is -3.44. The first-order valence-electron chi connectivity index (χ1n) is 8.85. The summed E-state index contributed by atoms with van der Waals surface area (Å²) < 4.78 is 5.84. The Labute approximate surface area is 181 Å². The van der Waals surface area contributed by atoms with Gasteiger partial charge in [0.2, 0.25) is 22.2 Å². The van der Waals surface area contributed by atoms with Crippen LogP contribution in [0.3, 0.4) is 0 Å². The molecule has 0 saturated heterocycles. The lowest BCUT2D eigenvalue weighted by Crippen LogP contribution is -2.05. The Kier molecular flexibility index (Phi) is 5.91. The summed E-state index contributed by atoms with van der Waals surface area (Å²) in [7, 11) is 1.63. The summed E-state index contributed by atoms with van der Waals surface area (Å²) in [6.07, 6.45) is 0. The van der Waals surface area contributed by atoms with E-state index in [-0.39, 0.29) is 0 Å². The zero-order chi connectivity index (χ0) is 20.9. The van der Waals surface area contributed by atoms with E-state index in [1.165, 1.54) is 28.7 Å². The molecule has 9 nitrogen and oxygen atoms in total. The average molecular weight is 439 g/mol. The number of nitrogens with one attached hydrogen (secondary N) is 2. The van der Waals surface area contributed by atoms with Crippen molar-refractivity contribution in [1.82, 2.24) is 25.1 Å². The van der Waals surface area contributed by atoms with Crippen molar-refractivity contribution >= 4 is 51.5 Å². The number of nitrogens with two attached hydrogens (primary N) is 1. The second-order valence-electron chi connectivity index (χ2n) is 6.12. The van der Waals surface area contributed by atoms with E-state index in [4.69, 9.17) is 10.5 Å². The maximum absolute atomic E-state index is 5.68. The van der Waals surface area contributed by atoms with Crippen LogP contribution >= 0.6 is 23.1 Å². The SMILES string of the molecule is COc1ccc(Nc2nc(Nc3ccc(C)cc3)nc(Sc3nnc(N)s3)n2)cc1. The lowest BCUT2D eigenvalue weighted by molar-refractivity contribution is 0.415. The normalized spacial score (nSPS) is 10.6. The van der Waals surface area contributed by atoms with Gasteiger partial charge in [-0.15, -0.1) is 10.2 Å². The molecule has 0 aliphatic carbocycles. The number of anilines is 5. The molecule has 4 N–H and O–H groups in total. The van der Waals surface area contributed by atoms with Crippen molar-refractivity contribution in [3.63, 3.8) is 0 Å². The van der Waals surface area contributed by atoms with Gasteiger partial charge in [-0.1, -0.05) is 29.0 Å². The number of aromatic nitrogens is 5. The molecule has 11 heteroatoms. The van der Waals surface area contributed by atoms with Crippen LogP contribution in [0.4, 0.5) is 28.4 Å². The van der Waals surface area contributed by atoms with Gasteiger partial charge in [-0.2, -0.15) is 15.0 Å². The summed E-state index contributed by atoms with van der Waals surface area (Å²) in [5, 5.41) is 15.1. The van der Waals surface area contributed by atoms with Crippen LogP contribution in [0.1, 0.15) is 5.56 Å². The van der Waals surface area contributed by atoms with Crippen molar-refractivity contribution in [3.05, 3.63) is 54.1 Å². The molecule has 152 valence electrons. The summed E-state index contributed by atoms with van der Waals surface area (Å²) in [5.74, 6) is 1.57. The number of aryl methyl sites for hydroxylation is 1. The maximum atomic E-state index is 5.68. The molecule has 0 bridgehead atoms. The van der Waals surface area contributed by atoms with E-state index in [0.29, 0.717) is 26.5 Å². The molecule has 0 aliphatic rings. The number of methoxy groups -OCH3 is 1. The number of nitrogen functional groups attached to an aromatic ring is 1. The zero-order valence-electron chi connectivity index (χ0n) is 16.2. The van der Waals surface area contributed by atoms with Crippen LogP contribution in [0.25, 0.3) is 0 Å². The lowest BCUT2D eigenvalue weighted by Gasteiger charge is -2.10. The van der Waals surface area contributed by atoms with E-state index in [1.54, 1.807) is 7.11 Å². The van der Waals surface area contributed by atoms with Gasteiger partial charge in [-0.3, -0.25) is 0 Å². The molecule has 0 unspecified atom stereocenters. The van der Waals surface area contributed by atoms with Gasteiger partial charge in [0.1, 0.15) is 5.75 Å². The maximum Gasteiger partial charge on any atom is 0.233 e. The standard InChI is InChI=1S/C19H18N8OS2/c1-11-3-5-12(6-4-11)21-16-23-17(22-13-7-9-14(28-2)10-8-13)25-18(24-16)30-19-27-26-15(20)29-19/h3-10H,1-2H3,(H2,20,26)(H2,21,22,23,24,25). The first kappa shape index (κ1) is 19.9.